The summed E-state index contributed by atoms with van der Waals surface area (Å²) in [7, 11) is 0. The lowest BCUT2D eigenvalue weighted by molar-refractivity contribution is 0.579. The van der Waals surface area contributed by atoms with Gasteiger partial charge in [0, 0.05) is 30.5 Å². The van der Waals surface area contributed by atoms with Crippen LogP contribution in [0.1, 0.15) is 18.1 Å². The second-order valence-electron chi connectivity index (χ2n) is 4.27. The Balaban J connectivity index is 2.04. The summed E-state index contributed by atoms with van der Waals surface area (Å²) < 4.78 is 0. The van der Waals surface area contributed by atoms with Crippen molar-refractivity contribution < 1.29 is 0 Å². The van der Waals surface area contributed by atoms with E-state index in [1.807, 2.05) is 0 Å². The van der Waals surface area contributed by atoms with Gasteiger partial charge in [-0.1, -0.05) is 24.3 Å². The molecule has 17 heavy (non-hydrogen) atoms. The predicted molar refractivity (Wildman–Crippen MR) is 71.9 cm³/mol. The Morgan fingerprint density at radius 1 is 1.29 bits per heavy atom. The van der Waals surface area contributed by atoms with Crippen molar-refractivity contribution in [3.8, 4) is 0 Å². The molecule has 0 aromatic heterocycles. The summed E-state index contributed by atoms with van der Waals surface area (Å²) in [6.07, 6.45) is 8.80. The molecule has 0 saturated heterocycles. The molecule has 2 nitrogen and oxygen atoms in total. The highest BCUT2D eigenvalue weighted by molar-refractivity contribution is 5.79. The molecule has 0 unspecified atom stereocenters. The van der Waals surface area contributed by atoms with Gasteiger partial charge in [0.1, 0.15) is 0 Å². The minimum absolute atomic E-state index is 0.943. The lowest BCUT2D eigenvalue weighted by Gasteiger charge is -2.31. The highest BCUT2D eigenvalue weighted by Gasteiger charge is 2.18. The van der Waals surface area contributed by atoms with Crippen molar-refractivity contribution in [3.05, 3.63) is 59.4 Å². The molecule has 0 atom stereocenters. The fraction of sp³-hybridized carbons (Fsp3) is 0.200. The molecule has 2 heteroatoms. The first-order valence-electron chi connectivity index (χ1n) is 6.08. The number of hydrogen-bond acceptors (Lipinski definition) is 2. The molecule has 2 aliphatic heterocycles. The Morgan fingerprint density at radius 2 is 2.18 bits per heavy atom. The van der Waals surface area contributed by atoms with Gasteiger partial charge in [0.05, 0.1) is 5.70 Å². The van der Waals surface area contributed by atoms with Crippen LogP contribution in [0.5, 0.6) is 0 Å². The molecule has 0 saturated carbocycles. The summed E-state index contributed by atoms with van der Waals surface area (Å²) >= 11 is 0. The average molecular weight is 224 g/mol. The van der Waals surface area contributed by atoms with Crippen molar-refractivity contribution in [2.45, 2.75) is 6.92 Å². The number of nitrogens with zero attached hydrogens (tertiary/aromatic N) is 1. The van der Waals surface area contributed by atoms with E-state index in [9.17, 15) is 0 Å². The Morgan fingerprint density at radius 3 is 3.06 bits per heavy atom. The summed E-state index contributed by atoms with van der Waals surface area (Å²) in [5, 5.41) is 3.38. The van der Waals surface area contributed by atoms with E-state index in [1.54, 1.807) is 0 Å². The van der Waals surface area contributed by atoms with Crippen molar-refractivity contribution in [3.63, 3.8) is 0 Å². The first kappa shape index (κ1) is 10.2. The number of allylic oxidation sites excluding steroid dienone is 1. The van der Waals surface area contributed by atoms with Crippen molar-refractivity contribution >= 4 is 11.8 Å². The number of benzene rings is 1. The number of hydrogen-bond donors (Lipinski definition) is 1. The third-order valence-electron chi connectivity index (χ3n) is 3.16. The average Bonchev–Trinajstić information content (AvgIpc) is 2.39. The lowest BCUT2D eigenvalue weighted by atomic mass is 9.98. The highest BCUT2D eigenvalue weighted by atomic mass is 15.1. The van der Waals surface area contributed by atoms with E-state index in [-0.39, 0.29) is 0 Å². The van der Waals surface area contributed by atoms with Gasteiger partial charge in [-0.15, -0.1) is 0 Å². The summed E-state index contributed by atoms with van der Waals surface area (Å²) in [5.74, 6) is 0. The number of rotatable bonds is 2. The Bertz CT molecular complexity index is 523. The molecule has 0 aliphatic carbocycles. The van der Waals surface area contributed by atoms with E-state index in [0.29, 0.717) is 0 Å². The molecule has 2 heterocycles. The van der Waals surface area contributed by atoms with Crippen LogP contribution < -0.4 is 5.32 Å². The van der Waals surface area contributed by atoms with Gasteiger partial charge in [0.25, 0.3) is 0 Å². The van der Waals surface area contributed by atoms with E-state index < -0.39 is 0 Å². The predicted octanol–water partition coefficient (Wildman–Crippen LogP) is 2.82. The van der Waals surface area contributed by atoms with Gasteiger partial charge in [-0.25, -0.2) is 0 Å². The third-order valence-corrected chi connectivity index (χ3v) is 3.16. The SMILES string of the molecule is CCNC1=CCN2C=Cc3ccccc3C2=C1. The van der Waals surface area contributed by atoms with Crippen LogP contribution in [0.15, 0.2) is 48.3 Å². The topological polar surface area (TPSA) is 15.3 Å². The zero-order chi connectivity index (χ0) is 11.7. The van der Waals surface area contributed by atoms with Gasteiger partial charge in [-0.3, -0.25) is 0 Å². The molecule has 0 spiro atoms. The molecule has 0 bridgehead atoms. The standard InChI is InChI=1S/C15H16N2/c1-2-16-13-8-10-17-9-7-12-5-3-4-6-14(12)15(17)11-13/h3-9,11,16H,2,10H2,1H3. The molecular weight excluding hydrogens is 208 g/mol. The smallest absolute Gasteiger partial charge is 0.0509 e. The van der Waals surface area contributed by atoms with E-state index >= 15 is 0 Å². The van der Waals surface area contributed by atoms with Crippen LogP contribution in [0.2, 0.25) is 0 Å². The molecule has 0 fully saturated rings. The molecule has 2 aliphatic rings. The number of fused-ring (bicyclic) bond motifs is 3. The van der Waals surface area contributed by atoms with Crippen molar-refractivity contribution in [1.29, 1.82) is 0 Å². The second kappa shape index (κ2) is 4.13. The van der Waals surface area contributed by atoms with Gasteiger partial charge in [0.2, 0.25) is 0 Å². The van der Waals surface area contributed by atoms with Gasteiger partial charge in [-0.2, -0.15) is 0 Å². The summed E-state index contributed by atoms with van der Waals surface area (Å²) in [6.45, 7) is 4.03. The third kappa shape index (κ3) is 1.76. The van der Waals surface area contributed by atoms with Gasteiger partial charge in [0.15, 0.2) is 0 Å². The van der Waals surface area contributed by atoms with Crippen LogP contribution in [0.25, 0.3) is 11.8 Å². The number of likely N-dealkylation sites (N-methyl/N-ethyl adjacent to an activating group) is 1. The van der Waals surface area contributed by atoms with E-state index in [0.717, 1.165) is 13.1 Å². The van der Waals surface area contributed by atoms with E-state index in [2.05, 4.69) is 65.8 Å². The zero-order valence-electron chi connectivity index (χ0n) is 9.98. The minimum Gasteiger partial charge on any atom is -0.385 e. The van der Waals surface area contributed by atoms with E-state index in [1.165, 1.54) is 22.5 Å². The molecular formula is C15H16N2. The van der Waals surface area contributed by atoms with Crippen molar-refractivity contribution in [2.75, 3.05) is 13.1 Å². The molecule has 3 rings (SSSR count). The van der Waals surface area contributed by atoms with Crippen LogP contribution in [0.3, 0.4) is 0 Å². The fourth-order valence-electron chi connectivity index (χ4n) is 2.33. The van der Waals surface area contributed by atoms with Gasteiger partial charge in [-0.05, 0) is 30.7 Å². The van der Waals surface area contributed by atoms with Crippen LogP contribution in [0, 0.1) is 0 Å². The zero-order valence-corrected chi connectivity index (χ0v) is 9.98. The molecule has 86 valence electrons. The van der Waals surface area contributed by atoms with Crippen LogP contribution in [-0.4, -0.2) is 18.0 Å². The van der Waals surface area contributed by atoms with Crippen molar-refractivity contribution in [2.24, 2.45) is 0 Å². The van der Waals surface area contributed by atoms with Crippen LogP contribution in [-0.2, 0) is 0 Å². The highest BCUT2D eigenvalue weighted by Crippen LogP contribution is 2.31. The molecule has 1 aromatic rings. The van der Waals surface area contributed by atoms with Crippen molar-refractivity contribution in [1.82, 2.24) is 10.2 Å². The second-order valence-corrected chi connectivity index (χ2v) is 4.27. The molecule has 0 radical (unpaired) electrons. The number of nitrogens with one attached hydrogen (secondary N) is 1. The summed E-state index contributed by atoms with van der Waals surface area (Å²) in [5.41, 5.74) is 5.14. The van der Waals surface area contributed by atoms with Gasteiger partial charge < -0.3 is 10.2 Å². The Kier molecular flexibility index (Phi) is 2.48. The Labute approximate surface area is 102 Å². The largest absolute Gasteiger partial charge is 0.385 e. The normalized spacial score (nSPS) is 16.9. The minimum atomic E-state index is 0.943. The lowest BCUT2D eigenvalue weighted by Crippen LogP contribution is -2.25. The molecule has 0 amide bonds. The van der Waals surface area contributed by atoms with Crippen LogP contribution >= 0.6 is 0 Å². The van der Waals surface area contributed by atoms with E-state index in [4.69, 9.17) is 0 Å². The molecule has 1 N–H and O–H groups in total. The summed E-state index contributed by atoms with van der Waals surface area (Å²) in [4.78, 5) is 2.28. The fourth-order valence-corrected chi connectivity index (χ4v) is 2.33. The maximum absolute atomic E-state index is 3.38. The maximum atomic E-state index is 3.38. The first-order valence-corrected chi connectivity index (χ1v) is 6.08. The van der Waals surface area contributed by atoms with Crippen LogP contribution in [0.4, 0.5) is 0 Å². The Hall–Kier alpha value is -1.96. The molecule has 1 aromatic carbocycles. The first-order chi connectivity index (χ1) is 8.38. The summed E-state index contributed by atoms with van der Waals surface area (Å²) in [6, 6.07) is 8.54. The quantitative estimate of drug-likeness (QED) is 0.831. The van der Waals surface area contributed by atoms with Gasteiger partial charge >= 0.3 is 0 Å². The maximum Gasteiger partial charge on any atom is 0.0509 e. The monoisotopic (exact) mass is 224 g/mol.